The van der Waals surface area contributed by atoms with Crippen LogP contribution in [0.25, 0.3) is 0 Å². The van der Waals surface area contributed by atoms with Gasteiger partial charge in [0.05, 0.1) is 0 Å². The second-order valence-electron chi connectivity index (χ2n) is 2.32. The second kappa shape index (κ2) is 3.69. The summed E-state index contributed by atoms with van der Waals surface area (Å²) in [4.78, 5) is 0. The number of nitrogens with two attached hydrogens (primary N) is 1. The fourth-order valence-electron chi connectivity index (χ4n) is 0.850. The normalized spacial score (nSPS) is 12.5. The van der Waals surface area contributed by atoms with Crippen LogP contribution in [0.4, 0.5) is 0 Å². The van der Waals surface area contributed by atoms with Crippen LogP contribution in [0.15, 0.2) is 41.4 Å². The first-order chi connectivity index (χ1) is 5.24. The molecule has 0 radical (unpaired) electrons. The molecule has 1 aromatic carbocycles. The molecule has 2 heteroatoms. The maximum Gasteiger partial charge on any atom is 0.0478 e. The molecule has 0 unspecified atom stereocenters. The Morgan fingerprint density at radius 3 is 2.82 bits per heavy atom. The van der Waals surface area contributed by atoms with E-state index in [9.17, 15) is 0 Å². The van der Waals surface area contributed by atoms with Gasteiger partial charge in [-0.3, -0.25) is 0 Å². The van der Waals surface area contributed by atoms with E-state index in [0.29, 0.717) is 0 Å². The van der Waals surface area contributed by atoms with Crippen molar-refractivity contribution >= 4 is 15.9 Å². The number of benzene rings is 1. The minimum Gasteiger partial charge on any atom is -0.321 e. The first kappa shape index (κ1) is 8.50. The Labute approximate surface area is 75.0 Å². The lowest BCUT2D eigenvalue weighted by molar-refractivity contribution is 0.913. The number of rotatable bonds is 2. The SMILES string of the molecule is C=C[C@H](N)c1cccc(Br)c1. The highest BCUT2D eigenvalue weighted by Gasteiger charge is 1.99. The summed E-state index contributed by atoms with van der Waals surface area (Å²) in [5, 5.41) is 0. The first-order valence-electron chi connectivity index (χ1n) is 3.37. The van der Waals surface area contributed by atoms with Crippen LogP contribution in [0.1, 0.15) is 11.6 Å². The van der Waals surface area contributed by atoms with Crippen LogP contribution in [-0.4, -0.2) is 0 Å². The molecule has 2 N–H and O–H groups in total. The van der Waals surface area contributed by atoms with Crippen molar-refractivity contribution in [1.82, 2.24) is 0 Å². The Bertz CT molecular complexity index is 257. The molecule has 0 fully saturated rings. The molecule has 1 nitrogen and oxygen atoms in total. The van der Waals surface area contributed by atoms with Gasteiger partial charge in [0, 0.05) is 10.5 Å². The van der Waals surface area contributed by atoms with E-state index in [4.69, 9.17) is 5.73 Å². The molecule has 0 aliphatic carbocycles. The van der Waals surface area contributed by atoms with E-state index in [-0.39, 0.29) is 6.04 Å². The fraction of sp³-hybridized carbons (Fsp3) is 0.111. The van der Waals surface area contributed by atoms with Crippen LogP contribution in [0.2, 0.25) is 0 Å². The molecule has 1 rings (SSSR count). The lowest BCUT2D eigenvalue weighted by Crippen LogP contribution is -2.05. The third-order valence-electron chi connectivity index (χ3n) is 1.49. The monoisotopic (exact) mass is 211 g/mol. The minimum absolute atomic E-state index is 0.0625. The Kier molecular flexibility index (Phi) is 2.85. The van der Waals surface area contributed by atoms with Crippen LogP contribution in [0, 0.1) is 0 Å². The molecule has 0 aliphatic heterocycles. The summed E-state index contributed by atoms with van der Waals surface area (Å²) >= 11 is 3.37. The lowest BCUT2D eigenvalue weighted by atomic mass is 10.1. The summed E-state index contributed by atoms with van der Waals surface area (Å²) in [7, 11) is 0. The molecule has 0 aromatic heterocycles. The van der Waals surface area contributed by atoms with Gasteiger partial charge in [0.2, 0.25) is 0 Å². The summed E-state index contributed by atoms with van der Waals surface area (Å²) in [6.07, 6.45) is 1.72. The van der Waals surface area contributed by atoms with Gasteiger partial charge < -0.3 is 5.73 Å². The average Bonchev–Trinajstić information content (AvgIpc) is 2.03. The van der Waals surface area contributed by atoms with Gasteiger partial charge >= 0.3 is 0 Å². The molecule has 0 saturated carbocycles. The maximum atomic E-state index is 5.72. The van der Waals surface area contributed by atoms with E-state index in [2.05, 4.69) is 22.5 Å². The van der Waals surface area contributed by atoms with Gasteiger partial charge in [-0.05, 0) is 17.7 Å². The van der Waals surface area contributed by atoms with Crippen LogP contribution in [-0.2, 0) is 0 Å². The topological polar surface area (TPSA) is 26.0 Å². The molecule has 11 heavy (non-hydrogen) atoms. The molecule has 0 saturated heterocycles. The largest absolute Gasteiger partial charge is 0.321 e. The minimum atomic E-state index is -0.0625. The van der Waals surface area contributed by atoms with E-state index in [1.54, 1.807) is 6.08 Å². The highest BCUT2D eigenvalue weighted by molar-refractivity contribution is 9.10. The molecule has 0 aliphatic rings. The van der Waals surface area contributed by atoms with E-state index in [1.165, 1.54) is 0 Å². The third-order valence-corrected chi connectivity index (χ3v) is 1.98. The van der Waals surface area contributed by atoms with Crippen LogP contribution in [0.5, 0.6) is 0 Å². The van der Waals surface area contributed by atoms with Gasteiger partial charge in [-0.15, -0.1) is 6.58 Å². The number of halogens is 1. The summed E-state index contributed by atoms with van der Waals surface area (Å²) in [5.41, 5.74) is 6.80. The van der Waals surface area contributed by atoms with E-state index >= 15 is 0 Å². The van der Waals surface area contributed by atoms with Crippen LogP contribution >= 0.6 is 15.9 Å². The maximum absolute atomic E-state index is 5.72. The molecule has 0 amide bonds. The third kappa shape index (κ3) is 2.17. The Morgan fingerprint density at radius 2 is 2.27 bits per heavy atom. The summed E-state index contributed by atoms with van der Waals surface area (Å²) in [5.74, 6) is 0. The van der Waals surface area contributed by atoms with Gasteiger partial charge in [0.15, 0.2) is 0 Å². The first-order valence-corrected chi connectivity index (χ1v) is 4.17. The highest BCUT2D eigenvalue weighted by atomic mass is 79.9. The second-order valence-corrected chi connectivity index (χ2v) is 3.23. The average molecular weight is 212 g/mol. The standard InChI is InChI=1S/C9H10BrN/c1-2-9(11)7-4-3-5-8(10)6-7/h2-6,9H,1,11H2/t9-/m0/s1. The molecule has 0 spiro atoms. The Hall–Kier alpha value is -0.600. The van der Waals surface area contributed by atoms with E-state index < -0.39 is 0 Å². The Balaban J connectivity index is 2.95. The van der Waals surface area contributed by atoms with Crippen LogP contribution in [0.3, 0.4) is 0 Å². The smallest absolute Gasteiger partial charge is 0.0478 e. The lowest BCUT2D eigenvalue weighted by Gasteiger charge is -2.05. The zero-order chi connectivity index (χ0) is 8.27. The molecular formula is C9H10BrN. The molecule has 1 atom stereocenters. The summed E-state index contributed by atoms with van der Waals surface area (Å²) in [6, 6.07) is 7.85. The van der Waals surface area contributed by atoms with Crippen LogP contribution < -0.4 is 5.73 Å². The van der Waals surface area contributed by atoms with Crippen molar-refractivity contribution < 1.29 is 0 Å². The Morgan fingerprint density at radius 1 is 1.55 bits per heavy atom. The predicted molar refractivity (Wildman–Crippen MR) is 51.3 cm³/mol. The number of hydrogen-bond donors (Lipinski definition) is 1. The predicted octanol–water partition coefficient (Wildman–Crippen LogP) is 2.63. The molecule has 1 aromatic rings. The zero-order valence-corrected chi connectivity index (χ0v) is 7.71. The van der Waals surface area contributed by atoms with Gasteiger partial charge in [-0.25, -0.2) is 0 Å². The quantitative estimate of drug-likeness (QED) is 0.749. The number of hydrogen-bond acceptors (Lipinski definition) is 1. The van der Waals surface area contributed by atoms with Crippen molar-refractivity contribution in [2.45, 2.75) is 6.04 Å². The summed E-state index contributed by atoms with van der Waals surface area (Å²) in [6.45, 7) is 3.63. The van der Waals surface area contributed by atoms with Gasteiger partial charge in [-0.1, -0.05) is 34.1 Å². The van der Waals surface area contributed by atoms with E-state index in [1.807, 2.05) is 24.3 Å². The van der Waals surface area contributed by atoms with Gasteiger partial charge in [0.25, 0.3) is 0 Å². The molecule has 0 heterocycles. The molecular weight excluding hydrogens is 202 g/mol. The highest BCUT2D eigenvalue weighted by Crippen LogP contribution is 2.16. The zero-order valence-electron chi connectivity index (χ0n) is 6.13. The van der Waals surface area contributed by atoms with E-state index in [0.717, 1.165) is 10.0 Å². The molecule has 0 bridgehead atoms. The van der Waals surface area contributed by atoms with Crippen molar-refractivity contribution in [3.63, 3.8) is 0 Å². The van der Waals surface area contributed by atoms with Crippen molar-refractivity contribution in [3.05, 3.63) is 47.0 Å². The van der Waals surface area contributed by atoms with Gasteiger partial charge in [-0.2, -0.15) is 0 Å². The van der Waals surface area contributed by atoms with Crippen molar-refractivity contribution in [1.29, 1.82) is 0 Å². The summed E-state index contributed by atoms with van der Waals surface area (Å²) < 4.78 is 1.05. The fourth-order valence-corrected chi connectivity index (χ4v) is 1.27. The van der Waals surface area contributed by atoms with Crippen molar-refractivity contribution in [3.8, 4) is 0 Å². The van der Waals surface area contributed by atoms with Gasteiger partial charge in [0.1, 0.15) is 0 Å². The molecule has 58 valence electrons. The van der Waals surface area contributed by atoms with Crippen molar-refractivity contribution in [2.75, 3.05) is 0 Å². The van der Waals surface area contributed by atoms with Crippen molar-refractivity contribution in [2.24, 2.45) is 5.73 Å².